The second-order valence-corrected chi connectivity index (χ2v) is 7.70. The fraction of sp³-hybridized carbons (Fsp3) is 0.520. The van der Waals surface area contributed by atoms with Gasteiger partial charge < -0.3 is 20.1 Å². The standard InChI is InChI=1S/C25H38N2O2/c1-4-5-6-7-8-19-28-24-15-11-23(12-16-24)27-18-17-26-20-22-9-13-25(14-10-22)29-21(2)3/h9-16,21,26-27H,4-8,17-20H2,1-3H3. The Morgan fingerprint density at radius 3 is 2.17 bits per heavy atom. The molecule has 2 aromatic rings. The summed E-state index contributed by atoms with van der Waals surface area (Å²) in [6.45, 7) is 9.77. The van der Waals surface area contributed by atoms with Crippen molar-refractivity contribution in [3.05, 3.63) is 54.1 Å². The van der Waals surface area contributed by atoms with Crippen molar-refractivity contribution in [1.29, 1.82) is 0 Å². The lowest BCUT2D eigenvalue weighted by Crippen LogP contribution is -2.21. The van der Waals surface area contributed by atoms with Gasteiger partial charge in [-0.15, -0.1) is 0 Å². The Labute approximate surface area is 177 Å². The number of benzene rings is 2. The monoisotopic (exact) mass is 398 g/mol. The second-order valence-electron chi connectivity index (χ2n) is 7.70. The zero-order valence-electron chi connectivity index (χ0n) is 18.4. The van der Waals surface area contributed by atoms with E-state index in [0.717, 1.165) is 49.8 Å². The lowest BCUT2D eigenvalue weighted by atomic mass is 10.2. The molecule has 4 heteroatoms. The van der Waals surface area contributed by atoms with Gasteiger partial charge in [0.2, 0.25) is 0 Å². The molecule has 0 unspecified atom stereocenters. The highest BCUT2D eigenvalue weighted by atomic mass is 16.5. The van der Waals surface area contributed by atoms with Crippen molar-refractivity contribution in [2.45, 2.75) is 65.5 Å². The molecule has 29 heavy (non-hydrogen) atoms. The summed E-state index contributed by atoms with van der Waals surface area (Å²) in [5.41, 5.74) is 2.38. The number of ether oxygens (including phenoxy) is 2. The van der Waals surface area contributed by atoms with Gasteiger partial charge in [0.05, 0.1) is 12.7 Å². The molecule has 0 spiro atoms. The summed E-state index contributed by atoms with van der Waals surface area (Å²) in [5, 5.41) is 6.91. The maximum atomic E-state index is 5.81. The molecule has 2 N–H and O–H groups in total. The van der Waals surface area contributed by atoms with Gasteiger partial charge in [0.15, 0.2) is 0 Å². The lowest BCUT2D eigenvalue weighted by Gasteiger charge is -2.11. The maximum absolute atomic E-state index is 5.81. The largest absolute Gasteiger partial charge is 0.494 e. The van der Waals surface area contributed by atoms with Crippen LogP contribution in [0.2, 0.25) is 0 Å². The van der Waals surface area contributed by atoms with Crippen LogP contribution in [-0.4, -0.2) is 25.8 Å². The molecule has 0 saturated carbocycles. The van der Waals surface area contributed by atoms with Crippen molar-refractivity contribution in [2.75, 3.05) is 25.0 Å². The quantitative estimate of drug-likeness (QED) is 0.360. The van der Waals surface area contributed by atoms with E-state index in [1.807, 2.05) is 38.1 Å². The van der Waals surface area contributed by atoms with E-state index in [4.69, 9.17) is 9.47 Å². The second kappa shape index (κ2) is 13.9. The van der Waals surface area contributed by atoms with Crippen molar-refractivity contribution in [3.63, 3.8) is 0 Å². The number of hydrogen-bond acceptors (Lipinski definition) is 4. The van der Waals surface area contributed by atoms with E-state index in [9.17, 15) is 0 Å². The first kappa shape index (κ1) is 23.1. The van der Waals surface area contributed by atoms with Crippen LogP contribution in [0.4, 0.5) is 5.69 Å². The number of hydrogen-bond donors (Lipinski definition) is 2. The van der Waals surface area contributed by atoms with Gasteiger partial charge in [-0.2, -0.15) is 0 Å². The van der Waals surface area contributed by atoms with Gasteiger partial charge in [-0.1, -0.05) is 44.7 Å². The fourth-order valence-electron chi connectivity index (χ4n) is 3.05. The highest BCUT2D eigenvalue weighted by molar-refractivity contribution is 5.46. The van der Waals surface area contributed by atoms with E-state index in [0.29, 0.717) is 0 Å². The number of rotatable bonds is 15. The minimum atomic E-state index is 0.209. The Morgan fingerprint density at radius 2 is 1.48 bits per heavy atom. The summed E-state index contributed by atoms with van der Waals surface area (Å²) < 4.78 is 11.5. The Kier molecular flexibility index (Phi) is 11.1. The molecule has 0 aliphatic rings. The van der Waals surface area contributed by atoms with Gasteiger partial charge in [-0.3, -0.25) is 0 Å². The van der Waals surface area contributed by atoms with Crippen molar-refractivity contribution < 1.29 is 9.47 Å². The molecule has 2 rings (SSSR count). The first-order chi connectivity index (χ1) is 14.2. The Morgan fingerprint density at radius 1 is 0.793 bits per heavy atom. The topological polar surface area (TPSA) is 42.5 Å². The van der Waals surface area contributed by atoms with Crippen LogP contribution in [0.15, 0.2) is 48.5 Å². The predicted octanol–water partition coefficient (Wildman–Crippen LogP) is 6.02. The first-order valence-electron chi connectivity index (χ1n) is 11.1. The van der Waals surface area contributed by atoms with Crippen LogP contribution in [0.1, 0.15) is 58.4 Å². The molecule has 4 nitrogen and oxygen atoms in total. The Bertz CT molecular complexity index is 654. The number of unbranched alkanes of at least 4 members (excludes halogenated alkanes) is 4. The van der Waals surface area contributed by atoms with E-state index in [-0.39, 0.29) is 6.10 Å². The summed E-state index contributed by atoms with van der Waals surface area (Å²) in [6, 6.07) is 16.5. The third-order valence-corrected chi connectivity index (χ3v) is 4.63. The minimum absolute atomic E-state index is 0.209. The Hall–Kier alpha value is -2.20. The molecule has 0 atom stereocenters. The smallest absolute Gasteiger partial charge is 0.119 e. The van der Waals surface area contributed by atoms with Gasteiger partial charge in [0.1, 0.15) is 11.5 Å². The Balaban J connectivity index is 1.56. The van der Waals surface area contributed by atoms with Crippen molar-refractivity contribution in [3.8, 4) is 11.5 Å². The molecule has 0 heterocycles. The third kappa shape index (κ3) is 10.2. The number of nitrogens with one attached hydrogen (secondary N) is 2. The zero-order chi connectivity index (χ0) is 20.7. The van der Waals surface area contributed by atoms with Crippen LogP contribution in [0.5, 0.6) is 11.5 Å². The normalized spacial score (nSPS) is 10.9. The minimum Gasteiger partial charge on any atom is -0.494 e. The van der Waals surface area contributed by atoms with E-state index in [2.05, 4.69) is 41.8 Å². The molecule has 0 fully saturated rings. The molecular formula is C25H38N2O2. The molecule has 0 aliphatic heterocycles. The summed E-state index contributed by atoms with van der Waals surface area (Å²) in [6.07, 6.45) is 6.53. The molecule has 0 aromatic heterocycles. The average molecular weight is 399 g/mol. The average Bonchev–Trinajstić information content (AvgIpc) is 2.72. The zero-order valence-corrected chi connectivity index (χ0v) is 18.4. The summed E-state index contributed by atoms with van der Waals surface area (Å²) in [5.74, 6) is 1.88. The van der Waals surface area contributed by atoms with E-state index in [1.165, 1.54) is 31.2 Å². The van der Waals surface area contributed by atoms with Crippen LogP contribution < -0.4 is 20.1 Å². The number of anilines is 1. The van der Waals surface area contributed by atoms with E-state index in [1.54, 1.807) is 0 Å². The van der Waals surface area contributed by atoms with Crippen LogP contribution in [0, 0.1) is 0 Å². The molecule has 0 bridgehead atoms. The SMILES string of the molecule is CCCCCCCOc1ccc(NCCNCc2ccc(OC(C)C)cc2)cc1. The molecule has 0 amide bonds. The van der Waals surface area contributed by atoms with Gasteiger partial charge in [-0.05, 0) is 62.2 Å². The summed E-state index contributed by atoms with van der Waals surface area (Å²) in [7, 11) is 0. The molecule has 0 aliphatic carbocycles. The summed E-state index contributed by atoms with van der Waals surface area (Å²) in [4.78, 5) is 0. The van der Waals surface area contributed by atoms with E-state index >= 15 is 0 Å². The van der Waals surface area contributed by atoms with Gasteiger partial charge in [0.25, 0.3) is 0 Å². The third-order valence-electron chi connectivity index (χ3n) is 4.63. The molecule has 0 saturated heterocycles. The van der Waals surface area contributed by atoms with Crippen molar-refractivity contribution in [2.24, 2.45) is 0 Å². The highest BCUT2D eigenvalue weighted by Crippen LogP contribution is 2.16. The van der Waals surface area contributed by atoms with E-state index < -0.39 is 0 Å². The summed E-state index contributed by atoms with van der Waals surface area (Å²) >= 11 is 0. The maximum Gasteiger partial charge on any atom is 0.119 e. The predicted molar refractivity (Wildman–Crippen MR) is 123 cm³/mol. The highest BCUT2D eigenvalue weighted by Gasteiger charge is 1.99. The lowest BCUT2D eigenvalue weighted by molar-refractivity contribution is 0.242. The van der Waals surface area contributed by atoms with Gasteiger partial charge in [-0.25, -0.2) is 0 Å². The first-order valence-corrected chi connectivity index (χ1v) is 11.1. The van der Waals surface area contributed by atoms with Crippen LogP contribution in [-0.2, 0) is 6.54 Å². The van der Waals surface area contributed by atoms with Crippen molar-refractivity contribution >= 4 is 5.69 Å². The van der Waals surface area contributed by atoms with Crippen LogP contribution >= 0.6 is 0 Å². The fourth-order valence-corrected chi connectivity index (χ4v) is 3.05. The van der Waals surface area contributed by atoms with Crippen LogP contribution in [0.25, 0.3) is 0 Å². The molecule has 0 radical (unpaired) electrons. The molecule has 2 aromatic carbocycles. The van der Waals surface area contributed by atoms with Crippen LogP contribution in [0.3, 0.4) is 0 Å². The van der Waals surface area contributed by atoms with Crippen molar-refractivity contribution in [1.82, 2.24) is 5.32 Å². The molecule has 160 valence electrons. The van der Waals surface area contributed by atoms with Gasteiger partial charge >= 0.3 is 0 Å². The molecular weight excluding hydrogens is 360 g/mol. The van der Waals surface area contributed by atoms with Gasteiger partial charge in [0, 0.05) is 25.3 Å².